The molecule has 0 saturated carbocycles. The van der Waals surface area contributed by atoms with Crippen LogP contribution in [0.2, 0.25) is 10.0 Å². The Balaban J connectivity index is 1.71. The van der Waals surface area contributed by atoms with Crippen LogP contribution in [-0.2, 0) is 6.18 Å². The van der Waals surface area contributed by atoms with Crippen LogP contribution in [0.5, 0.6) is 0 Å². The number of piperazine rings is 1. The Morgan fingerprint density at radius 3 is 2.23 bits per heavy atom. The number of amides is 1. The molecule has 0 N–H and O–H groups in total. The molecule has 9 heteroatoms. The Morgan fingerprint density at radius 2 is 1.65 bits per heavy atom. The van der Waals surface area contributed by atoms with Crippen molar-refractivity contribution >= 4 is 34.8 Å². The molecule has 0 radical (unpaired) electrons. The fourth-order valence-corrected chi connectivity index (χ4v) is 3.45. The van der Waals surface area contributed by atoms with E-state index < -0.39 is 17.6 Å². The van der Waals surface area contributed by atoms with Crippen LogP contribution in [0.15, 0.2) is 36.7 Å². The maximum absolute atomic E-state index is 12.8. The summed E-state index contributed by atoms with van der Waals surface area (Å²) in [6, 6.07) is 4.46. The predicted octanol–water partition coefficient (Wildman–Crippen LogP) is 4.37. The highest BCUT2D eigenvalue weighted by Crippen LogP contribution is 2.33. The maximum atomic E-state index is 12.8. The molecule has 1 saturated heterocycles. The van der Waals surface area contributed by atoms with Crippen LogP contribution >= 0.6 is 23.2 Å². The largest absolute Gasteiger partial charge is 0.416 e. The Hall–Kier alpha value is -1.99. The van der Waals surface area contributed by atoms with Crippen molar-refractivity contribution in [1.29, 1.82) is 0 Å². The topological polar surface area (TPSA) is 36.4 Å². The van der Waals surface area contributed by atoms with Crippen molar-refractivity contribution in [2.24, 2.45) is 0 Å². The second-order valence-corrected chi connectivity index (χ2v) is 6.62. The third kappa shape index (κ3) is 3.88. The van der Waals surface area contributed by atoms with E-state index in [0.29, 0.717) is 41.9 Å². The van der Waals surface area contributed by atoms with E-state index in [1.54, 1.807) is 0 Å². The minimum absolute atomic E-state index is 0.0215. The van der Waals surface area contributed by atoms with Crippen LogP contribution in [0.4, 0.5) is 18.9 Å². The molecule has 0 spiro atoms. The van der Waals surface area contributed by atoms with Gasteiger partial charge < -0.3 is 9.80 Å². The molecular formula is C17H14Cl2F3N3O. The standard InChI is InChI=1S/C17H14Cl2F3N3O/c18-13-9-23-10-14(19)15(13)24-4-6-25(7-5-24)16(26)11-2-1-3-12(8-11)17(20,21)22/h1-3,8-10H,4-7H2. The van der Waals surface area contributed by atoms with Crippen molar-refractivity contribution in [1.82, 2.24) is 9.88 Å². The number of aromatic nitrogens is 1. The quantitative estimate of drug-likeness (QED) is 0.746. The molecule has 2 aromatic rings. The highest BCUT2D eigenvalue weighted by atomic mass is 35.5. The first-order valence-electron chi connectivity index (χ1n) is 7.78. The third-order valence-electron chi connectivity index (χ3n) is 4.15. The maximum Gasteiger partial charge on any atom is 0.416 e. The molecule has 4 nitrogen and oxygen atoms in total. The van der Waals surface area contributed by atoms with Gasteiger partial charge in [-0.15, -0.1) is 0 Å². The lowest BCUT2D eigenvalue weighted by molar-refractivity contribution is -0.137. The molecule has 3 rings (SSSR count). The van der Waals surface area contributed by atoms with Crippen LogP contribution in [0.1, 0.15) is 15.9 Å². The molecule has 1 aromatic heterocycles. The summed E-state index contributed by atoms with van der Waals surface area (Å²) in [5.74, 6) is -0.428. The number of nitrogens with zero attached hydrogens (tertiary/aromatic N) is 3. The summed E-state index contributed by atoms with van der Waals surface area (Å²) in [4.78, 5) is 19.9. The molecule has 0 bridgehead atoms. The summed E-state index contributed by atoms with van der Waals surface area (Å²) in [6.07, 6.45) is -1.50. The van der Waals surface area contributed by atoms with Gasteiger partial charge in [-0.2, -0.15) is 13.2 Å². The summed E-state index contributed by atoms with van der Waals surface area (Å²) < 4.78 is 38.5. The Labute approximate surface area is 158 Å². The lowest BCUT2D eigenvalue weighted by Gasteiger charge is -2.36. The van der Waals surface area contributed by atoms with Gasteiger partial charge in [0, 0.05) is 44.1 Å². The van der Waals surface area contributed by atoms with E-state index in [1.165, 1.54) is 29.4 Å². The van der Waals surface area contributed by atoms with Gasteiger partial charge >= 0.3 is 6.18 Å². The fourth-order valence-electron chi connectivity index (χ4n) is 2.85. The average molecular weight is 404 g/mol. The van der Waals surface area contributed by atoms with Crippen LogP contribution in [0.25, 0.3) is 0 Å². The van der Waals surface area contributed by atoms with E-state index in [4.69, 9.17) is 23.2 Å². The van der Waals surface area contributed by atoms with Gasteiger partial charge in [0.05, 0.1) is 21.3 Å². The van der Waals surface area contributed by atoms with Crippen LogP contribution in [0, 0.1) is 0 Å². The normalized spacial score (nSPS) is 15.3. The summed E-state index contributed by atoms with van der Waals surface area (Å²) in [6.45, 7) is 1.64. The lowest BCUT2D eigenvalue weighted by atomic mass is 10.1. The first-order chi connectivity index (χ1) is 12.3. The molecule has 1 aromatic carbocycles. The van der Waals surface area contributed by atoms with Gasteiger partial charge in [-0.1, -0.05) is 29.3 Å². The van der Waals surface area contributed by atoms with Gasteiger partial charge in [-0.05, 0) is 18.2 Å². The number of carbonyl (C=O) groups is 1. The zero-order valence-electron chi connectivity index (χ0n) is 13.4. The summed E-state index contributed by atoms with van der Waals surface area (Å²) >= 11 is 12.3. The van der Waals surface area contributed by atoms with Crippen molar-refractivity contribution in [3.63, 3.8) is 0 Å². The van der Waals surface area contributed by atoms with Crippen molar-refractivity contribution in [3.8, 4) is 0 Å². The zero-order chi connectivity index (χ0) is 18.9. The van der Waals surface area contributed by atoms with Gasteiger partial charge in [0.25, 0.3) is 5.91 Å². The smallest absolute Gasteiger partial charge is 0.365 e. The molecule has 1 amide bonds. The molecule has 2 heterocycles. The van der Waals surface area contributed by atoms with E-state index in [9.17, 15) is 18.0 Å². The number of carbonyl (C=O) groups excluding carboxylic acids is 1. The minimum Gasteiger partial charge on any atom is -0.365 e. The lowest BCUT2D eigenvalue weighted by Crippen LogP contribution is -2.49. The number of hydrogen-bond acceptors (Lipinski definition) is 3. The molecule has 1 fully saturated rings. The monoisotopic (exact) mass is 403 g/mol. The first kappa shape index (κ1) is 18.8. The van der Waals surface area contributed by atoms with E-state index in [0.717, 1.165) is 12.1 Å². The van der Waals surface area contributed by atoms with Gasteiger partial charge in [0.2, 0.25) is 0 Å². The van der Waals surface area contributed by atoms with Gasteiger partial charge in [-0.3, -0.25) is 9.78 Å². The van der Waals surface area contributed by atoms with E-state index >= 15 is 0 Å². The summed E-state index contributed by atoms with van der Waals surface area (Å²) in [5, 5.41) is 0.824. The molecule has 1 aliphatic rings. The number of pyridine rings is 1. The Morgan fingerprint density at radius 1 is 1.04 bits per heavy atom. The SMILES string of the molecule is O=C(c1cccc(C(F)(F)F)c1)N1CCN(c2c(Cl)cncc2Cl)CC1. The van der Waals surface area contributed by atoms with Crippen LogP contribution in [0.3, 0.4) is 0 Å². The molecule has 138 valence electrons. The average Bonchev–Trinajstić information content (AvgIpc) is 2.61. The number of rotatable bonds is 2. The van der Waals surface area contributed by atoms with Gasteiger partial charge in [-0.25, -0.2) is 0 Å². The predicted molar refractivity (Wildman–Crippen MR) is 93.8 cm³/mol. The second kappa shape index (κ2) is 7.32. The number of alkyl halides is 3. The van der Waals surface area contributed by atoms with Gasteiger partial charge in [0.15, 0.2) is 0 Å². The number of anilines is 1. The fraction of sp³-hybridized carbons (Fsp3) is 0.294. The molecule has 0 unspecified atom stereocenters. The van der Waals surface area contributed by atoms with Crippen molar-refractivity contribution in [2.75, 3.05) is 31.1 Å². The minimum atomic E-state index is -4.48. The Bertz CT molecular complexity index is 801. The van der Waals surface area contributed by atoms with Crippen molar-refractivity contribution in [2.45, 2.75) is 6.18 Å². The number of benzene rings is 1. The first-order valence-corrected chi connectivity index (χ1v) is 8.53. The third-order valence-corrected chi connectivity index (χ3v) is 4.70. The second-order valence-electron chi connectivity index (χ2n) is 5.81. The molecule has 1 aliphatic heterocycles. The molecule has 26 heavy (non-hydrogen) atoms. The van der Waals surface area contributed by atoms with Crippen molar-refractivity contribution in [3.05, 3.63) is 57.8 Å². The Kier molecular flexibility index (Phi) is 5.29. The van der Waals surface area contributed by atoms with E-state index in [2.05, 4.69) is 4.98 Å². The zero-order valence-corrected chi connectivity index (χ0v) is 14.9. The van der Waals surface area contributed by atoms with Crippen LogP contribution in [-0.4, -0.2) is 42.0 Å². The molecule has 0 atom stereocenters. The van der Waals surface area contributed by atoms with Crippen LogP contribution < -0.4 is 4.90 Å². The van der Waals surface area contributed by atoms with Crippen molar-refractivity contribution < 1.29 is 18.0 Å². The molecular weight excluding hydrogens is 390 g/mol. The number of halogens is 5. The highest BCUT2D eigenvalue weighted by molar-refractivity contribution is 6.38. The molecule has 0 aliphatic carbocycles. The summed E-state index contributed by atoms with van der Waals surface area (Å²) in [7, 11) is 0. The highest BCUT2D eigenvalue weighted by Gasteiger charge is 2.32. The summed E-state index contributed by atoms with van der Waals surface area (Å²) in [5.41, 5.74) is -0.167. The van der Waals surface area contributed by atoms with E-state index in [-0.39, 0.29) is 5.56 Å². The van der Waals surface area contributed by atoms with Gasteiger partial charge in [0.1, 0.15) is 0 Å². The number of hydrogen-bond donors (Lipinski definition) is 0. The van der Waals surface area contributed by atoms with E-state index in [1.807, 2.05) is 4.90 Å².